The zero-order valence-corrected chi connectivity index (χ0v) is 18.1. The number of hydrogen-bond acceptors (Lipinski definition) is 3. The minimum absolute atomic E-state index is 0.0933. The molecule has 0 radical (unpaired) electrons. The van der Waals surface area contributed by atoms with Crippen molar-refractivity contribution in [2.75, 3.05) is 32.7 Å². The highest BCUT2D eigenvalue weighted by atomic mass is 32.2. The van der Waals surface area contributed by atoms with Crippen LogP contribution in [0.4, 0.5) is 0 Å². The second kappa shape index (κ2) is 8.93. The van der Waals surface area contributed by atoms with Crippen LogP contribution in [-0.4, -0.2) is 57.4 Å². The highest BCUT2D eigenvalue weighted by Gasteiger charge is 2.32. The van der Waals surface area contributed by atoms with Gasteiger partial charge in [-0.2, -0.15) is 4.31 Å². The summed E-state index contributed by atoms with van der Waals surface area (Å²) in [6.45, 7) is 9.10. The quantitative estimate of drug-likeness (QED) is 0.758. The smallest absolute Gasteiger partial charge is 0.275 e. The van der Waals surface area contributed by atoms with Gasteiger partial charge in [0, 0.05) is 6.04 Å². The van der Waals surface area contributed by atoms with Crippen LogP contribution in [0.5, 0.6) is 0 Å². The zero-order valence-electron chi connectivity index (χ0n) is 17.3. The predicted octanol–water partition coefficient (Wildman–Crippen LogP) is 0.825. The Hall–Kier alpha value is -1.44. The van der Waals surface area contributed by atoms with Crippen LogP contribution >= 0.6 is 0 Å². The Morgan fingerprint density at radius 2 is 1.79 bits per heavy atom. The molecule has 6 nitrogen and oxygen atoms in total. The minimum Gasteiger partial charge on any atom is -0.348 e. The Morgan fingerprint density at radius 1 is 1.14 bits per heavy atom. The van der Waals surface area contributed by atoms with E-state index in [1.54, 1.807) is 16.4 Å². The molecule has 0 spiro atoms. The Bertz CT molecular complexity index is 771. The van der Waals surface area contributed by atoms with Gasteiger partial charge in [0.1, 0.15) is 0 Å². The summed E-state index contributed by atoms with van der Waals surface area (Å²) in [6, 6.07) is 7.27. The first kappa shape index (κ1) is 21.3. The van der Waals surface area contributed by atoms with Gasteiger partial charge >= 0.3 is 0 Å². The SMILES string of the molecule is Cc1ccc(S(=O)(=O)N2CC[NH+](CC(=O)N[C@@H]3CCC[C@@H](C)[C@H]3C)CC2)cc1. The van der Waals surface area contributed by atoms with Gasteiger partial charge in [0.25, 0.3) is 5.91 Å². The number of aryl methyl sites for hydroxylation is 1. The van der Waals surface area contributed by atoms with Crippen LogP contribution in [-0.2, 0) is 14.8 Å². The number of nitrogens with one attached hydrogen (secondary N) is 2. The van der Waals surface area contributed by atoms with Gasteiger partial charge in [-0.25, -0.2) is 8.42 Å². The number of sulfonamides is 1. The first-order valence-corrected chi connectivity index (χ1v) is 11.9. The molecule has 7 heteroatoms. The van der Waals surface area contributed by atoms with Gasteiger partial charge in [0.2, 0.25) is 10.0 Å². The molecule has 2 aliphatic rings. The lowest BCUT2D eigenvalue weighted by Crippen LogP contribution is -3.15. The Balaban J connectivity index is 1.50. The molecule has 3 rings (SSSR count). The number of amides is 1. The summed E-state index contributed by atoms with van der Waals surface area (Å²) in [5.74, 6) is 1.27. The minimum atomic E-state index is -3.45. The van der Waals surface area contributed by atoms with E-state index in [0.717, 1.165) is 16.9 Å². The van der Waals surface area contributed by atoms with Crippen LogP contribution in [0.2, 0.25) is 0 Å². The number of quaternary nitrogens is 1. The van der Waals surface area contributed by atoms with Crippen molar-refractivity contribution in [2.45, 2.75) is 51.0 Å². The van der Waals surface area contributed by atoms with Crippen molar-refractivity contribution in [3.05, 3.63) is 29.8 Å². The fraction of sp³-hybridized carbons (Fsp3) is 0.667. The van der Waals surface area contributed by atoms with Crippen LogP contribution in [0.3, 0.4) is 0 Å². The fourth-order valence-electron chi connectivity index (χ4n) is 4.35. The van der Waals surface area contributed by atoms with Gasteiger partial charge in [-0.1, -0.05) is 44.4 Å². The molecule has 0 bridgehead atoms. The van der Waals surface area contributed by atoms with E-state index in [9.17, 15) is 13.2 Å². The molecule has 1 amide bonds. The number of benzene rings is 1. The molecule has 1 saturated carbocycles. The van der Waals surface area contributed by atoms with Crippen LogP contribution in [0.1, 0.15) is 38.7 Å². The molecule has 2 fully saturated rings. The molecule has 28 heavy (non-hydrogen) atoms. The maximum Gasteiger partial charge on any atom is 0.275 e. The van der Waals surface area contributed by atoms with E-state index >= 15 is 0 Å². The van der Waals surface area contributed by atoms with Crippen molar-refractivity contribution in [3.63, 3.8) is 0 Å². The molecule has 156 valence electrons. The summed E-state index contributed by atoms with van der Waals surface area (Å²) < 4.78 is 27.1. The fourth-order valence-corrected chi connectivity index (χ4v) is 5.79. The summed E-state index contributed by atoms with van der Waals surface area (Å²) >= 11 is 0. The highest BCUT2D eigenvalue weighted by Crippen LogP contribution is 2.29. The molecule has 2 N–H and O–H groups in total. The average Bonchev–Trinajstić information content (AvgIpc) is 2.66. The molecular weight excluding hydrogens is 374 g/mol. The second-order valence-electron chi connectivity index (χ2n) is 8.59. The molecule has 1 aromatic carbocycles. The van der Waals surface area contributed by atoms with Gasteiger partial charge < -0.3 is 10.2 Å². The van der Waals surface area contributed by atoms with Gasteiger partial charge in [-0.05, 0) is 37.3 Å². The van der Waals surface area contributed by atoms with E-state index in [4.69, 9.17) is 0 Å². The van der Waals surface area contributed by atoms with Gasteiger partial charge in [-0.15, -0.1) is 0 Å². The topological polar surface area (TPSA) is 70.9 Å². The summed E-state index contributed by atoms with van der Waals surface area (Å²) in [5, 5.41) is 3.23. The van der Waals surface area contributed by atoms with Crippen molar-refractivity contribution < 1.29 is 18.1 Å². The van der Waals surface area contributed by atoms with Gasteiger partial charge in [0.05, 0.1) is 31.1 Å². The van der Waals surface area contributed by atoms with Crippen molar-refractivity contribution in [2.24, 2.45) is 11.8 Å². The molecule has 1 aromatic rings. The first-order valence-electron chi connectivity index (χ1n) is 10.5. The lowest BCUT2D eigenvalue weighted by Gasteiger charge is -2.35. The molecular formula is C21H34N3O3S+. The van der Waals surface area contributed by atoms with Crippen molar-refractivity contribution in [1.29, 1.82) is 0 Å². The number of piperazine rings is 1. The third kappa shape index (κ3) is 4.93. The normalized spacial score (nSPS) is 27.5. The lowest BCUT2D eigenvalue weighted by atomic mass is 9.78. The second-order valence-corrected chi connectivity index (χ2v) is 10.5. The molecule has 1 saturated heterocycles. The van der Waals surface area contributed by atoms with E-state index in [2.05, 4.69) is 19.2 Å². The molecule has 1 heterocycles. The standard InChI is InChI=1S/C21H33N3O3S/c1-16-7-9-19(10-8-16)28(26,27)24-13-11-23(12-14-24)15-21(25)22-20-6-4-5-17(2)18(20)3/h7-10,17-18,20H,4-6,11-15H2,1-3H3,(H,22,25)/p+1/t17-,18-,20-/m1/s1. The van der Waals surface area contributed by atoms with Crippen molar-refractivity contribution in [3.8, 4) is 0 Å². The number of nitrogens with zero attached hydrogens (tertiary/aromatic N) is 1. The van der Waals surface area contributed by atoms with Gasteiger partial charge in [0.15, 0.2) is 6.54 Å². The monoisotopic (exact) mass is 408 g/mol. The number of rotatable bonds is 5. The van der Waals surface area contributed by atoms with Crippen LogP contribution in [0.25, 0.3) is 0 Å². The molecule has 0 unspecified atom stereocenters. The van der Waals surface area contributed by atoms with E-state index in [-0.39, 0.29) is 11.9 Å². The van der Waals surface area contributed by atoms with Gasteiger partial charge in [-0.3, -0.25) is 4.79 Å². The van der Waals surface area contributed by atoms with E-state index in [1.165, 1.54) is 12.8 Å². The summed E-state index contributed by atoms with van der Waals surface area (Å²) in [5.41, 5.74) is 1.04. The maximum atomic E-state index is 12.8. The van der Waals surface area contributed by atoms with Crippen molar-refractivity contribution >= 4 is 15.9 Å². The van der Waals surface area contributed by atoms with Crippen LogP contribution in [0.15, 0.2) is 29.2 Å². The average molecular weight is 409 g/mol. The molecule has 1 aliphatic carbocycles. The molecule has 0 aromatic heterocycles. The number of hydrogen-bond donors (Lipinski definition) is 2. The maximum absolute atomic E-state index is 12.8. The zero-order chi connectivity index (χ0) is 20.3. The molecule has 1 aliphatic heterocycles. The first-order chi connectivity index (χ1) is 13.3. The summed E-state index contributed by atoms with van der Waals surface area (Å²) in [7, 11) is -3.45. The highest BCUT2D eigenvalue weighted by molar-refractivity contribution is 7.89. The van der Waals surface area contributed by atoms with E-state index in [0.29, 0.717) is 49.5 Å². The number of carbonyl (C=O) groups excluding carboxylic acids is 1. The Morgan fingerprint density at radius 3 is 2.43 bits per heavy atom. The largest absolute Gasteiger partial charge is 0.348 e. The third-order valence-corrected chi connectivity index (χ3v) is 8.46. The van der Waals surface area contributed by atoms with Crippen LogP contribution in [0, 0.1) is 18.8 Å². The van der Waals surface area contributed by atoms with E-state index < -0.39 is 10.0 Å². The molecule has 3 atom stereocenters. The summed E-state index contributed by atoms with van der Waals surface area (Å²) in [6.07, 6.45) is 3.49. The third-order valence-electron chi connectivity index (χ3n) is 6.55. The van der Waals surface area contributed by atoms with E-state index in [1.807, 2.05) is 19.1 Å². The lowest BCUT2D eigenvalue weighted by molar-refractivity contribution is -0.895. The summed E-state index contributed by atoms with van der Waals surface area (Å²) in [4.78, 5) is 14.0. The predicted molar refractivity (Wildman–Crippen MR) is 110 cm³/mol. The number of carbonyl (C=O) groups is 1. The Labute approximate surface area is 169 Å². The Kier molecular flexibility index (Phi) is 6.78. The van der Waals surface area contributed by atoms with Crippen LogP contribution < -0.4 is 10.2 Å². The van der Waals surface area contributed by atoms with Crippen molar-refractivity contribution in [1.82, 2.24) is 9.62 Å².